The van der Waals surface area contributed by atoms with Crippen LogP contribution in [-0.2, 0) is 9.59 Å². The van der Waals surface area contributed by atoms with Gasteiger partial charge in [-0.1, -0.05) is 11.6 Å². The van der Waals surface area contributed by atoms with Crippen molar-refractivity contribution >= 4 is 29.1 Å². The number of carbonyl (C=O) groups is 2. The number of carbonyl (C=O) groups excluding carboxylic acids is 2. The van der Waals surface area contributed by atoms with Crippen LogP contribution in [0.4, 0.5) is 18.9 Å². The van der Waals surface area contributed by atoms with E-state index in [1.165, 1.54) is 13.2 Å². The first-order valence-electron chi connectivity index (χ1n) is 6.68. The third-order valence-corrected chi connectivity index (χ3v) is 3.67. The maximum absolute atomic E-state index is 12.4. The van der Waals surface area contributed by atoms with E-state index in [1.54, 1.807) is 12.1 Å². The highest BCUT2D eigenvalue weighted by Gasteiger charge is 2.40. The molecular weight excluding hydrogens is 337 g/mol. The fourth-order valence-electron chi connectivity index (χ4n) is 2.31. The van der Waals surface area contributed by atoms with Crippen LogP contribution in [0, 0.1) is 5.92 Å². The van der Waals surface area contributed by atoms with Crippen molar-refractivity contribution in [2.24, 2.45) is 5.92 Å². The summed E-state index contributed by atoms with van der Waals surface area (Å²) in [5.74, 6) is -1.61. The molecule has 1 aliphatic rings. The van der Waals surface area contributed by atoms with Gasteiger partial charge in [-0.15, -0.1) is 0 Å². The van der Waals surface area contributed by atoms with Crippen LogP contribution < -0.4 is 10.1 Å². The molecule has 2 amide bonds. The molecule has 2 rings (SSSR count). The summed E-state index contributed by atoms with van der Waals surface area (Å²) in [6.45, 7) is -1.60. The Morgan fingerprint density at radius 3 is 2.74 bits per heavy atom. The molecule has 1 saturated heterocycles. The van der Waals surface area contributed by atoms with E-state index in [0.717, 1.165) is 0 Å². The maximum atomic E-state index is 12.4. The van der Waals surface area contributed by atoms with E-state index < -0.39 is 30.5 Å². The largest absolute Gasteiger partial charge is 0.495 e. The lowest BCUT2D eigenvalue weighted by Gasteiger charge is -2.18. The van der Waals surface area contributed by atoms with Crippen LogP contribution in [0.15, 0.2) is 18.2 Å². The van der Waals surface area contributed by atoms with Gasteiger partial charge in [0.25, 0.3) is 0 Å². The summed E-state index contributed by atoms with van der Waals surface area (Å²) in [4.78, 5) is 24.3. The van der Waals surface area contributed by atoms with E-state index in [9.17, 15) is 22.8 Å². The first-order valence-corrected chi connectivity index (χ1v) is 7.06. The minimum Gasteiger partial charge on any atom is -0.495 e. The van der Waals surface area contributed by atoms with Crippen molar-refractivity contribution in [1.82, 2.24) is 4.90 Å². The van der Waals surface area contributed by atoms with Gasteiger partial charge in [-0.2, -0.15) is 13.2 Å². The highest BCUT2D eigenvalue weighted by atomic mass is 35.5. The first kappa shape index (κ1) is 17.4. The standard InChI is InChI=1S/C14H14ClF3N2O3/c1-23-11-3-2-9(5-10(11)15)19-13(22)8-4-12(21)20(6-8)7-14(16,17)18/h2-3,5,8H,4,6-7H2,1H3,(H,19,22). The zero-order valence-corrected chi connectivity index (χ0v) is 12.9. The van der Waals surface area contributed by atoms with Crippen molar-refractivity contribution in [3.8, 4) is 5.75 Å². The van der Waals surface area contributed by atoms with Gasteiger partial charge in [0.2, 0.25) is 11.8 Å². The number of alkyl halides is 3. The first-order chi connectivity index (χ1) is 10.7. The summed E-state index contributed by atoms with van der Waals surface area (Å²) >= 11 is 5.93. The van der Waals surface area contributed by atoms with E-state index in [-0.39, 0.29) is 18.0 Å². The summed E-state index contributed by atoms with van der Waals surface area (Å²) in [6.07, 6.45) is -4.73. The Morgan fingerprint density at radius 2 is 2.17 bits per heavy atom. The monoisotopic (exact) mass is 350 g/mol. The van der Waals surface area contributed by atoms with Crippen LogP contribution in [0.2, 0.25) is 5.02 Å². The van der Waals surface area contributed by atoms with E-state index >= 15 is 0 Å². The number of hydrogen-bond acceptors (Lipinski definition) is 3. The molecule has 1 atom stereocenters. The van der Waals surface area contributed by atoms with Gasteiger partial charge in [0.1, 0.15) is 12.3 Å². The third kappa shape index (κ3) is 4.51. The van der Waals surface area contributed by atoms with E-state index in [4.69, 9.17) is 16.3 Å². The second-order valence-electron chi connectivity index (χ2n) is 5.13. The van der Waals surface area contributed by atoms with E-state index in [1.807, 2.05) is 0 Å². The van der Waals surface area contributed by atoms with Crippen LogP contribution in [0.5, 0.6) is 5.75 Å². The third-order valence-electron chi connectivity index (χ3n) is 3.37. The topological polar surface area (TPSA) is 58.6 Å². The highest BCUT2D eigenvalue weighted by molar-refractivity contribution is 6.32. The number of nitrogens with one attached hydrogen (secondary N) is 1. The normalized spacial score (nSPS) is 18.2. The Labute approximate surface area is 135 Å². The fourth-order valence-corrected chi connectivity index (χ4v) is 2.56. The van der Waals surface area contributed by atoms with Crippen LogP contribution in [-0.4, -0.2) is 43.1 Å². The predicted octanol–water partition coefficient (Wildman–Crippen LogP) is 2.70. The second-order valence-corrected chi connectivity index (χ2v) is 5.54. The number of nitrogens with zero attached hydrogens (tertiary/aromatic N) is 1. The zero-order chi connectivity index (χ0) is 17.2. The van der Waals surface area contributed by atoms with Crippen molar-refractivity contribution in [3.05, 3.63) is 23.2 Å². The number of likely N-dealkylation sites (tertiary alicyclic amines) is 1. The fraction of sp³-hybridized carbons (Fsp3) is 0.429. The summed E-state index contributed by atoms with van der Waals surface area (Å²) in [5.41, 5.74) is 0.377. The molecule has 1 fully saturated rings. The lowest BCUT2D eigenvalue weighted by atomic mass is 10.1. The number of anilines is 1. The molecule has 1 aliphatic heterocycles. The van der Waals surface area contributed by atoms with Crippen molar-refractivity contribution in [2.45, 2.75) is 12.6 Å². The van der Waals surface area contributed by atoms with Crippen LogP contribution in [0.3, 0.4) is 0 Å². The number of ether oxygens (including phenoxy) is 1. The minimum atomic E-state index is -4.48. The van der Waals surface area contributed by atoms with Crippen molar-refractivity contribution < 1.29 is 27.5 Å². The lowest BCUT2D eigenvalue weighted by Crippen LogP contribution is -2.36. The molecule has 5 nitrogen and oxygen atoms in total. The Kier molecular flexibility index (Phi) is 5.03. The van der Waals surface area contributed by atoms with E-state index in [2.05, 4.69) is 5.32 Å². The predicted molar refractivity (Wildman–Crippen MR) is 77.4 cm³/mol. The number of benzene rings is 1. The number of amides is 2. The molecule has 0 spiro atoms. The molecule has 0 aliphatic carbocycles. The summed E-state index contributed by atoms with van der Waals surface area (Å²) in [5, 5.41) is 2.82. The molecule has 1 aromatic carbocycles. The molecule has 1 N–H and O–H groups in total. The Morgan fingerprint density at radius 1 is 1.48 bits per heavy atom. The molecule has 1 aromatic rings. The Bertz CT molecular complexity index is 622. The second kappa shape index (κ2) is 6.66. The zero-order valence-electron chi connectivity index (χ0n) is 12.1. The molecule has 0 aromatic heterocycles. The smallest absolute Gasteiger partial charge is 0.406 e. The SMILES string of the molecule is COc1ccc(NC(=O)C2CC(=O)N(CC(F)(F)F)C2)cc1Cl. The lowest BCUT2D eigenvalue weighted by molar-refractivity contribution is -0.157. The molecule has 0 bridgehead atoms. The Hall–Kier alpha value is -1.96. The van der Waals surface area contributed by atoms with Gasteiger partial charge < -0.3 is 15.0 Å². The van der Waals surface area contributed by atoms with Crippen molar-refractivity contribution in [2.75, 3.05) is 25.5 Å². The van der Waals surface area contributed by atoms with Crippen molar-refractivity contribution in [3.63, 3.8) is 0 Å². The quantitative estimate of drug-likeness (QED) is 0.908. The van der Waals surface area contributed by atoms with Crippen LogP contribution in [0.25, 0.3) is 0 Å². The van der Waals surface area contributed by atoms with Crippen molar-refractivity contribution in [1.29, 1.82) is 0 Å². The molecule has 126 valence electrons. The summed E-state index contributed by atoms with van der Waals surface area (Å²) in [7, 11) is 1.44. The molecule has 1 unspecified atom stereocenters. The summed E-state index contributed by atoms with van der Waals surface area (Å²) in [6, 6.07) is 4.56. The number of hydrogen-bond donors (Lipinski definition) is 1. The summed E-state index contributed by atoms with van der Waals surface area (Å²) < 4.78 is 42.0. The molecular formula is C14H14ClF3N2O3. The van der Waals surface area contributed by atoms with Gasteiger partial charge in [-0.25, -0.2) is 0 Å². The highest BCUT2D eigenvalue weighted by Crippen LogP contribution is 2.28. The Balaban J connectivity index is 1.99. The average Bonchev–Trinajstić information content (AvgIpc) is 2.78. The van der Waals surface area contributed by atoms with Gasteiger partial charge in [-0.05, 0) is 18.2 Å². The van der Waals surface area contributed by atoms with Gasteiger partial charge >= 0.3 is 6.18 Å². The van der Waals surface area contributed by atoms with Gasteiger partial charge in [-0.3, -0.25) is 9.59 Å². The molecule has 1 heterocycles. The molecule has 9 heteroatoms. The molecule has 23 heavy (non-hydrogen) atoms. The van der Waals surface area contributed by atoms with Gasteiger partial charge in [0, 0.05) is 18.7 Å². The van der Waals surface area contributed by atoms with E-state index in [0.29, 0.717) is 16.3 Å². The molecule has 0 radical (unpaired) electrons. The van der Waals surface area contributed by atoms with Gasteiger partial charge in [0.15, 0.2) is 0 Å². The number of methoxy groups -OCH3 is 1. The molecule has 0 saturated carbocycles. The van der Waals surface area contributed by atoms with Crippen LogP contribution in [0.1, 0.15) is 6.42 Å². The average molecular weight is 351 g/mol. The van der Waals surface area contributed by atoms with Crippen LogP contribution >= 0.6 is 11.6 Å². The number of halogens is 4. The van der Waals surface area contributed by atoms with Gasteiger partial charge in [0.05, 0.1) is 18.1 Å². The maximum Gasteiger partial charge on any atom is 0.406 e. The minimum absolute atomic E-state index is 0.244. The number of rotatable bonds is 4.